The maximum Gasteiger partial charge on any atom is 0.317 e. The zero-order chi connectivity index (χ0) is 15.2. The number of nitrogens with zero attached hydrogens (tertiary/aromatic N) is 1. The van der Waals surface area contributed by atoms with E-state index in [9.17, 15) is 4.79 Å². The van der Waals surface area contributed by atoms with Crippen LogP contribution in [-0.4, -0.2) is 41.9 Å². The van der Waals surface area contributed by atoms with E-state index in [1.165, 1.54) is 5.56 Å². The molecule has 1 unspecified atom stereocenters. The molecule has 0 bridgehead atoms. The van der Waals surface area contributed by atoms with Crippen LogP contribution in [0.5, 0.6) is 11.5 Å². The molecule has 116 valence electrons. The van der Waals surface area contributed by atoms with E-state index in [1.807, 2.05) is 23.1 Å². The lowest BCUT2D eigenvalue weighted by Gasteiger charge is -2.27. The van der Waals surface area contributed by atoms with Gasteiger partial charge in [-0.3, -0.25) is 9.69 Å². The van der Waals surface area contributed by atoms with Crippen molar-refractivity contribution < 1.29 is 19.4 Å². The Kier molecular flexibility index (Phi) is 5.44. The second kappa shape index (κ2) is 7.31. The minimum Gasteiger partial charge on any atom is -0.480 e. The smallest absolute Gasteiger partial charge is 0.317 e. The Morgan fingerprint density at radius 3 is 2.86 bits per heavy atom. The van der Waals surface area contributed by atoms with Gasteiger partial charge in [0.05, 0.1) is 6.54 Å². The Morgan fingerprint density at radius 1 is 1.38 bits per heavy atom. The summed E-state index contributed by atoms with van der Waals surface area (Å²) in [6.07, 6.45) is 2.78. The Bertz CT molecular complexity index is 489. The fourth-order valence-corrected chi connectivity index (χ4v) is 2.57. The van der Waals surface area contributed by atoms with Gasteiger partial charge in [-0.05, 0) is 50.4 Å². The first-order chi connectivity index (χ1) is 10.1. The first-order valence-electron chi connectivity index (χ1n) is 7.44. The molecule has 1 aliphatic heterocycles. The van der Waals surface area contributed by atoms with Gasteiger partial charge in [-0.25, -0.2) is 0 Å². The molecule has 1 N–H and O–H groups in total. The second-order valence-corrected chi connectivity index (χ2v) is 5.44. The van der Waals surface area contributed by atoms with Crippen LogP contribution in [0.1, 0.15) is 32.3 Å². The van der Waals surface area contributed by atoms with Crippen LogP contribution in [-0.2, 0) is 11.2 Å². The molecule has 1 atom stereocenters. The summed E-state index contributed by atoms with van der Waals surface area (Å²) in [5.41, 5.74) is 1.19. The average Bonchev–Trinajstić information content (AvgIpc) is 2.91. The molecule has 1 aromatic rings. The highest BCUT2D eigenvalue weighted by Gasteiger charge is 2.17. The number of fused-ring (bicyclic) bond motifs is 1. The van der Waals surface area contributed by atoms with E-state index < -0.39 is 5.97 Å². The van der Waals surface area contributed by atoms with Gasteiger partial charge in [0.2, 0.25) is 6.79 Å². The third-order valence-corrected chi connectivity index (χ3v) is 3.76. The number of aryl methyl sites for hydroxylation is 1. The summed E-state index contributed by atoms with van der Waals surface area (Å²) in [5.74, 6) is 0.833. The topological polar surface area (TPSA) is 59.0 Å². The molecule has 0 radical (unpaired) electrons. The molecule has 5 nitrogen and oxygen atoms in total. The number of rotatable bonds is 8. The van der Waals surface area contributed by atoms with Crippen molar-refractivity contribution in [1.29, 1.82) is 0 Å². The number of ether oxygens (including phenoxy) is 2. The lowest BCUT2D eigenvalue weighted by molar-refractivity contribution is -0.138. The van der Waals surface area contributed by atoms with Crippen LogP contribution in [0.4, 0.5) is 0 Å². The van der Waals surface area contributed by atoms with Crippen LogP contribution < -0.4 is 9.47 Å². The number of hydrogen-bond acceptors (Lipinski definition) is 4. The number of carboxylic acid groups (broad SMARTS) is 1. The molecule has 1 heterocycles. The molecular formula is C16H23NO4. The Balaban J connectivity index is 1.89. The lowest BCUT2D eigenvalue weighted by atomic mass is 10.0. The maximum atomic E-state index is 10.9. The molecule has 0 saturated carbocycles. The molecule has 2 rings (SSSR count). The second-order valence-electron chi connectivity index (χ2n) is 5.44. The SMILES string of the molecule is CCCN(CC(=O)O)C(C)CCc1ccc2c(c1)OCO2. The Labute approximate surface area is 125 Å². The lowest BCUT2D eigenvalue weighted by Crippen LogP contribution is -2.38. The van der Waals surface area contributed by atoms with Crippen molar-refractivity contribution >= 4 is 5.97 Å². The van der Waals surface area contributed by atoms with Crippen molar-refractivity contribution in [3.8, 4) is 11.5 Å². The first-order valence-corrected chi connectivity index (χ1v) is 7.44. The van der Waals surface area contributed by atoms with E-state index in [4.69, 9.17) is 14.6 Å². The standard InChI is InChI=1S/C16H23NO4/c1-3-8-17(10-16(18)19)12(2)4-5-13-6-7-14-15(9-13)21-11-20-14/h6-7,9,12H,3-5,8,10-11H2,1-2H3,(H,18,19). The molecule has 21 heavy (non-hydrogen) atoms. The molecule has 0 aliphatic carbocycles. The van der Waals surface area contributed by atoms with E-state index in [0.29, 0.717) is 0 Å². The minimum absolute atomic E-state index is 0.107. The molecule has 1 aromatic carbocycles. The predicted octanol–water partition coefficient (Wildman–Crippen LogP) is 2.53. The van der Waals surface area contributed by atoms with E-state index in [2.05, 4.69) is 13.8 Å². The highest BCUT2D eigenvalue weighted by Crippen LogP contribution is 2.32. The van der Waals surface area contributed by atoms with Gasteiger partial charge in [0.1, 0.15) is 0 Å². The normalized spacial score (nSPS) is 14.4. The van der Waals surface area contributed by atoms with Crippen LogP contribution in [0.2, 0.25) is 0 Å². The quantitative estimate of drug-likeness (QED) is 0.798. The van der Waals surface area contributed by atoms with Crippen LogP contribution >= 0.6 is 0 Å². The number of carboxylic acids is 1. The van der Waals surface area contributed by atoms with E-state index in [-0.39, 0.29) is 19.4 Å². The largest absolute Gasteiger partial charge is 0.480 e. The Morgan fingerprint density at radius 2 is 2.14 bits per heavy atom. The predicted molar refractivity (Wildman–Crippen MR) is 79.8 cm³/mol. The zero-order valence-corrected chi connectivity index (χ0v) is 12.7. The molecule has 0 spiro atoms. The van der Waals surface area contributed by atoms with E-state index in [0.717, 1.165) is 37.3 Å². The molecule has 0 saturated heterocycles. The summed E-state index contributed by atoms with van der Waals surface area (Å²) in [6.45, 7) is 5.37. The van der Waals surface area contributed by atoms with Crippen molar-refractivity contribution in [2.75, 3.05) is 19.9 Å². The average molecular weight is 293 g/mol. The van der Waals surface area contributed by atoms with Crippen LogP contribution in [0.25, 0.3) is 0 Å². The highest BCUT2D eigenvalue weighted by molar-refractivity contribution is 5.69. The van der Waals surface area contributed by atoms with Gasteiger partial charge in [-0.2, -0.15) is 0 Å². The summed E-state index contributed by atoms with van der Waals surface area (Å²) in [5, 5.41) is 8.98. The molecule has 0 amide bonds. The van der Waals surface area contributed by atoms with Crippen molar-refractivity contribution in [2.24, 2.45) is 0 Å². The summed E-state index contributed by atoms with van der Waals surface area (Å²) in [7, 11) is 0. The van der Waals surface area contributed by atoms with Gasteiger partial charge in [0.25, 0.3) is 0 Å². The highest BCUT2D eigenvalue weighted by atomic mass is 16.7. The third kappa shape index (κ3) is 4.36. The minimum atomic E-state index is -0.765. The van der Waals surface area contributed by atoms with Crippen LogP contribution in [0, 0.1) is 0 Å². The third-order valence-electron chi connectivity index (χ3n) is 3.76. The van der Waals surface area contributed by atoms with Crippen molar-refractivity contribution in [2.45, 2.75) is 39.2 Å². The van der Waals surface area contributed by atoms with Gasteiger partial charge in [-0.15, -0.1) is 0 Å². The molecule has 1 aliphatic rings. The molecule has 5 heteroatoms. The van der Waals surface area contributed by atoms with Gasteiger partial charge in [0, 0.05) is 6.04 Å². The van der Waals surface area contributed by atoms with Gasteiger partial charge in [0.15, 0.2) is 11.5 Å². The van der Waals surface area contributed by atoms with E-state index in [1.54, 1.807) is 0 Å². The number of benzene rings is 1. The molecular weight excluding hydrogens is 270 g/mol. The summed E-state index contributed by atoms with van der Waals surface area (Å²) in [6, 6.07) is 6.23. The van der Waals surface area contributed by atoms with Crippen molar-refractivity contribution in [3.63, 3.8) is 0 Å². The molecule has 0 aromatic heterocycles. The summed E-state index contributed by atoms with van der Waals surface area (Å²) in [4.78, 5) is 12.9. The number of aliphatic carboxylic acids is 1. The summed E-state index contributed by atoms with van der Waals surface area (Å²) >= 11 is 0. The number of carbonyl (C=O) groups is 1. The summed E-state index contributed by atoms with van der Waals surface area (Å²) < 4.78 is 10.7. The zero-order valence-electron chi connectivity index (χ0n) is 12.7. The first kappa shape index (κ1) is 15.6. The molecule has 0 fully saturated rings. The van der Waals surface area contributed by atoms with Gasteiger partial charge >= 0.3 is 5.97 Å². The monoisotopic (exact) mass is 293 g/mol. The van der Waals surface area contributed by atoms with Crippen LogP contribution in [0.3, 0.4) is 0 Å². The van der Waals surface area contributed by atoms with Gasteiger partial charge in [-0.1, -0.05) is 13.0 Å². The fraction of sp³-hybridized carbons (Fsp3) is 0.562. The fourth-order valence-electron chi connectivity index (χ4n) is 2.57. The number of hydrogen-bond donors (Lipinski definition) is 1. The van der Waals surface area contributed by atoms with Crippen molar-refractivity contribution in [1.82, 2.24) is 4.90 Å². The van der Waals surface area contributed by atoms with Gasteiger partial charge < -0.3 is 14.6 Å². The maximum absolute atomic E-state index is 10.9. The van der Waals surface area contributed by atoms with E-state index >= 15 is 0 Å². The van der Waals surface area contributed by atoms with Crippen molar-refractivity contribution in [3.05, 3.63) is 23.8 Å². The Hall–Kier alpha value is -1.75. The van der Waals surface area contributed by atoms with Crippen LogP contribution in [0.15, 0.2) is 18.2 Å².